The van der Waals surface area contributed by atoms with Crippen molar-refractivity contribution in [1.82, 2.24) is 0 Å². The number of aryl methyl sites for hydroxylation is 1. The number of unbranched alkanes of at least 4 members (excludes halogenated alkanes) is 6. The predicted molar refractivity (Wildman–Crippen MR) is 94.5 cm³/mol. The summed E-state index contributed by atoms with van der Waals surface area (Å²) in [4.78, 5) is 12.0. The summed E-state index contributed by atoms with van der Waals surface area (Å²) in [5, 5.41) is 2.93. The van der Waals surface area contributed by atoms with Gasteiger partial charge in [-0.15, -0.1) is 0 Å². The van der Waals surface area contributed by atoms with Crippen molar-refractivity contribution in [2.45, 2.75) is 65.2 Å². The molecule has 4 heteroatoms. The molecule has 3 nitrogen and oxygen atoms in total. The average Bonchev–Trinajstić information content (AvgIpc) is 2.42. The highest BCUT2D eigenvalue weighted by Gasteiger charge is 2.08. The van der Waals surface area contributed by atoms with E-state index in [0.29, 0.717) is 12.1 Å². The van der Waals surface area contributed by atoms with Crippen LogP contribution in [0.5, 0.6) is 0 Å². The molecule has 1 aromatic carbocycles. The Kier molecular flexibility index (Phi) is 8.43. The topological polar surface area (TPSA) is 55.1 Å². The van der Waals surface area contributed by atoms with Crippen molar-refractivity contribution < 1.29 is 4.79 Å². The van der Waals surface area contributed by atoms with Gasteiger partial charge in [0.05, 0.1) is 11.4 Å². The smallest absolute Gasteiger partial charge is 0.224 e. The Labute approximate surface area is 136 Å². The van der Waals surface area contributed by atoms with Crippen LogP contribution in [0.15, 0.2) is 16.6 Å². The van der Waals surface area contributed by atoms with Crippen LogP contribution in [0.4, 0.5) is 11.4 Å². The van der Waals surface area contributed by atoms with Crippen LogP contribution in [0.1, 0.15) is 63.9 Å². The molecule has 0 aliphatic heterocycles. The number of rotatable bonds is 9. The summed E-state index contributed by atoms with van der Waals surface area (Å²) in [5.41, 5.74) is 8.28. The van der Waals surface area contributed by atoms with Crippen molar-refractivity contribution in [3.63, 3.8) is 0 Å². The lowest BCUT2D eigenvalue weighted by Gasteiger charge is -2.12. The molecule has 0 aromatic heterocycles. The van der Waals surface area contributed by atoms with Gasteiger partial charge in [-0.2, -0.15) is 0 Å². The SMILES string of the molecule is CCCCCCCCCC(=O)Nc1c(C)cc(Br)cc1N. The van der Waals surface area contributed by atoms with Gasteiger partial charge in [0, 0.05) is 10.9 Å². The average molecular weight is 355 g/mol. The van der Waals surface area contributed by atoms with Crippen molar-refractivity contribution in [3.8, 4) is 0 Å². The van der Waals surface area contributed by atoms with Crippen LogP contribution in [0.25, 0.3) is 0 Å². The van der Waals surface area contributed by atoms with Crippen LogP contribution in [-0.4, -0.2) is 5.91 Å². The lowest BCUT2D eigenvalue weighted by atomic mass is 10.1. The summed E-state index contributed by atoms with van der Waals surface area (Å²) >= 11 is 3.40. The Morgan fingerprint density at radius 2 is 1.76 bits per heavy atom. The number of hydrogen-bond donors (Lipinski definition) is 2. The molecule has 1 amide bonds. The first-order valence-corrected chi connectivity index (χ1v) is 8.69. The lowest BCUT2D eigenvalue weighted by molar-refractivity contribution is -0.116. The first-order chi connectivity index (χ1) is 10.0. The van der Waals surface area contributed by atoms with Crippen molar-refractivity contribution in [2.24, 2.45) is 0 Å². The second-order valence-electron chi connectivity index (χ2n) is 5.61. The molecular formula is C17H27BrN2O. The van der Waals surface area contributed by atoms with Gasteiger partial charge < -0.3 is 11.1 Å². The molecule has 0 saturated carbocycles. The van der Waals surface area contributed by atoms with Crippen LogP contribution < -0.4 is 11.1 Å². The number of benzene rings is 1. The molecule has 0 radical (unpaired) electrons. The van der Waals surface area contributed by atoms with Gasteiger partial charge in [-0.25, -0.2) is 0 Å². The summed E-state index contributed by atoms with van der Waals surface area (Å²) in [5.74, 6) is 0.0562. The molecule has 0 heterocycles. The van der Waals surface area contributed by atoms with Crippen molar-refractivity contribution in [3.05, 3.63) is 22.2 Å². The molecule has 0 atom stereocenters. The van der Waals surface area contributed by atoms with E-state index >= 15 is 0 Å². The summed E-state index contributed by atoms with van der Waals surface area (Å²) in [6.07, 6.45) is 9.08. The number of amides is 1. The molecule has 0 aliphatic carbocycles. The van der Waals surface area contributed by atoms with Crippen LogP contribution >= 0.6 is 15.9 Å². The molecule has 0 saturated heterocycles. The fourth-order valence-corrected chi connectivity index (χ4v) is 2.97. The van der Waals surface area contributed by atoms with Crippen molar-refractivity contribution >= 4 is 33.2 Å². The van der Waals surface area contributed by atoms with Gasteiger partial charge in [-0.3, -0.25) is 4.79 Å². The predicted octanol–water partition coefficient (Wildman–Crippen LogP) is 5.42. The van der Waals surface area contributed by atoms with E-state index in [2.05, 4.69) is 28.2 Å². The molecule has 0 aliphatic rings. The van der Waals surface area contributed by atoms with Crippen molar-refractivity contribution in [2.75, 3.05) is 11.1 Å². The highest BCUT2D eigenvalue weighted by Crippen LogP contribution is 2.28. The Morgan fingerprint density at radius 3 is 2.38 bits per heavy atom. The van der Waals surface area contributed by atoms with E-state index in [1.807, 2.05) is 19.1 Å². The quantitative estimate of drug-likeness (QED) is 0.459. The number of nitrogen functional groups attached to an aromatic ring is 1. The van der Waals surface area contributed by atoms with Crippen LogP contribution in [0, 0.1) is 6.92 Å². The van der Waals surface area contributed by atoms with E-state index in [9.17, 15) is 4.79 Å². The highest BCUT2D eigenvalue weighted by molar-refractivity contribution is 9.10. The summed E-state index contributed by atoms with van der Waals surface area (Å²) in [7, 11) is 0. The van der Waals surface area contributed by atoms with Crippen LogP contribution in [0.3, 0.4) is 0 Å². The zero-order valence-corrected chi connectivity index (χ0v) is 14.8. The van der Waals surface area contributed by atoms with Crippen molar-refractivity contribution in [1.29, 1.82) is 0 Å². The Balaban J connectivity index is 2.28. The molecule has 0 bridgehead atoms. The molecule has 0 unspecified atom stereocenters. The molecular weight excluding hydrogens is 328 g/mol. The van der Waals surface area contributed by atoms with E-state index < -0.39 is 0 Å². The monoisotopic (exact) mass is 354 g/mol. The zero-order valence-electron chi connectivity index (χ0n) is 13.2. The van der Waals surface area contributed by atoms with Gasteiger partial charge in [0.1, 0.15) is 0 Å². The number of hydrogen-bond acceptors (Lipinski definition) is 2. The minimum Gasteiger partial charge on any atom is -0.397 e. The summed E-state index contributed by atoms with van der Waals surface area (Å²) in [6, 6.07) is 3.77. The minimum atomic E-state index is 0.0562. The maximum absolute atomic E-state index is 12.0. The lowest BCUT2D eigenvalue weighted by Crippen LogP contribution is -2.13. The molecule has 21 heavy (non-hydrogen) atoms. The number of nitrogens with two attached hydrogens (primary N) is 1. The number of nitrogens with one attached hydrogen (secondary N) is 1. The number of carbonyl (C=O) groups is 1. The highest BCUT2D eigenvalue weighted by atomic mass is 79.9. The van der Waals surface area contributed by atoms with E-state index in [1.54, 1.807) is 0 Å². The third-order valence-electron chi connectivity index (χ3n) is 3.60. The zero-order chi connectivity index (χ0) is 15.7. The van der Waals surface area contributed by atoms with E-state index in [1.165, 1.54) is 32.1 Å². The van der Waals surface area contributed by atoms with Gasteiger partial charge in [0.15, 0.2) is 0 Å². The minimum absolute atomic E-state index is 0.0562. The van der Waals surface area contributed by atoms with Gasteiger partial charge in [-0.1, -0.05) is 61.4 Å². The molecule has 3 N–H and O–H groups in total. The molecule has 0 fully saturated rings. The third kappa shape index (κ3) is 6.98. The van der Waals surface area contributed by atoms with E-state index in [-0.39, 0.29) is 5.91 Å². The largest absolute Gasteiger partial charge is 0.397 e. The fraction of sp³-hybridized carbons (Fsp3) is 0.588. The van der Waals surface area contributed by atoms with Gasteiger partial charge in [0.25, 0.3) is 0 Å². The van der Waals surface area contributed by atoms with E-state index in [0.717, 1.165) is 28.6 Å². The third-order valence-corrected chi connectivity index (χ3v) is 4.06. The summed E-state index contributed by atoms with van der Waals surface area (Å²) in [6.45, 7) is 4.17. The van der Waals surface area contributed by atoms with E-state index in [4.69, 9.17) is 5.73 Å². The first-order valence-electron chi connectivity index (χ1n) is 7.90. The first kappa shape index (κ1) is 18.0. The fourth-order valence-electron chi connectivity index (χ4n) is 2.38. The second kappa shape index (κ2) is 9.82. The normalized spacial score (nSPS) is 10.6. The van der Waals surface area contributed by atoms with Gasteiger partial charge in [-0.05, 0) is 31.0 Å². The summed E-state index contributed by atoms with van der Waals surface area (Å²) < 4.78 is 0.933. The molecule has 0 spiro atoms. The Bertz CT molecular complexity index is 437. The molecule has 118 valence electrons. The second-order valence-corrected chi connectivity index (χ2v) is 6.52. The Morgan fingerprint density at radius 1 is 1.14 bits per heavy atom. The Hall–Kier alpha value is -1.03. The number of carbonyl (C=O) groups excluding carboxylic acids is 1. The molecule has 1 aromatic rings. The van der Waals surface area contributed by atoms with Crippen LogP contribution in [0.2, 0.25) is 0 Å². The van der Waals surface area contributed by atoms with Gasteiger partial charge >= 0.3 is 0 Å². The van der Waals surface area contributed by atoms with Crippen LogP contribution in [-0.2, 0) is 4.79 Å². The van der Waals surface area contributed by atoms with Gasteiger partial charge in [0.2, 0.25) is 5.91 Å². The number of anilines is 2. The molecule has 1 rings (SSSR count). The maximum atomic E-state index is 12.0. The standard InChI is InChI=1S/C17H27BrN2O/c1-3-4-5-6-7-8-9-10-16(21)20-17-13(2)11-14(18)12-15(17)19/h11-12H,3-10,19H2,1-2H3,(H,20,21). The maximum Gasteiger partial charge on any atom is 0.224 e. The number of halogens is 1.